The van der Waals surface area contributed by atoms with Crippen molar-refractivity contribution in [1.29, 1.82) is 0 Å². The van der Waals surface area contributed by atoms with Crippen molar-refractivity contribution in [2.75, 3.05) is 11.5 Å². The lowest BCUT2D eigenvalue weighted by molar-refractivity contribution is -0.122. The summed E-state index contributed by atoms with van der Waals surface area (Å²) in [6.45, 7) is 4.26. The predicted octanol–water partition coefficient (Wildman–Crippen LogP) is 2.71. The van der Waals surface area contributed by atoms with Gasteiger partial charge in [-0.05, 0) is 30.2 Å². The van der Waals surface area contributed by atoms with Crippen molar-refractivity contribution < 1.29 is 13.2 Å². The van der Waals surface area contributed by atoms with E-state index in [-0.39, 0.29) is 29.4 Å². The van der Waals surface area contributed by atoms with E-state index in [1.807, 2.05) is 30.3 Å². The van der Waals surface area contributed by atoms with E-state index in [0.717, 1.165) is 12.0 Å². The van der Waals surface area contributed by atoms with Crippen LogP contribution in [0.25, 0.3) is 0 Å². The Morgan fingerprint density at radius 2 is 1.95 bits per heavy atom. The van der Waals surface area contributed by atoms with Crippen molar-refractivity contribution >= 4 is 15.7 Å². The Hall–Kier alpha value is -1.36. The molecule has 1 fully saturated rings. The van der Waals surface area contributed by atoms with Gasteiger partial charge in [0.25, 0.3) is 0 Å². The summed E-state index contributed by atoms with van der Waals surface area (Å²) in [5.74, 6) is 0.772. The van der Waals surface area contributed by atoms with Gasteiger partial charge in [-0.3, -0.25) is 4.79 Å². The molecule has 0 saturated carbocycles. The van der Waals surface area contributed by atoms with Gasteiger partial charge in [-0.15, -0.1) is 0 Å². The third-order valence-electron chi connectivity index (χ3n) is 4.05. The van der Waals surface area contributed by atoms with E-state index >= 15 is 0 Å². The lowest BCUT2D eigenvalue weighted by Crippen LogP contribution is -2.31. The van der Waals surface area contributed by atoms with Crippen LogP contribution in [0.1, 0.15) is 44.7 Å². The molecule has 1 amide bonds. The summed E-state index contributed by atoms with van der Waals surface area (Å²) in [4.78, 5) is 12.3. The molecule has 0 radical (unpaired) electrons. The molecule has 5 heteroatoms. The lowest BCUT2D eigenvalue weighted by Gasteiger charge is -2.22. The second-order valence-electron chi connectivity index (χ2n) is 6.63. The van der Waals surface area contributed by atoms with Crippen molar-refractivity contribution in [2.24, 2.45) is 11.8 Å². The molecule has 1 aromatic carbocycles. The Kier molecular flexibility index (Phi) is 5.62. The maximum Gasteiger partial charge on any atom is 0.220 e. The largest absolute Gasteiger partial charge is 0.349 e. The Bertz CT molecular complexity index is 596. The van der Waals surface area contributed by atoms with Gasteiger partial charge < -0.3 is 5.32 Å². The molecule has 122 valence electrons. The van der Waals surface area contributed by atoms with E-state index in [1.54, 1.807) is 0 Å². The fourth-order valence-electron chi connectivity index (χ4n) is 2.98. The number of amides is 1. The fraction of sp³-hybridized carbons (Fsp3) is 0.588. The zero-order valence-electron chi connectivity index (χ0n) is 13.3. The Balaban J connectivity index is 1.97. The molecule has 4 nitrogen and oxygen atoms in total. The molecule has 2 atom stereocenters. The van der Waals surface area contributed by atoms with Crippen LogP contribution in [0.5, 0.6) is 0 Å². The maximum absolute atomic E-state index is 12.3. The summed E-state index contributed by atoms with van der Waals surface area (Å²) in [6, 6.07) is 9.94. The molecule has 1 aliphatic heterocycles. The molecule has 0 bridgehead atoms. The fourth-order valence-corrected chi connectivity index (χ4v) is 4.85. The molecule has 1 aromatic rings. The molecule has 0 aromatic heterocycles. The van der Waals surface area contributed by atoms with E-state index in [4.69, 9.17) is 0 Å². The van der Waals surface area contributed by atoms with Gasteiger partial charge in [0, 0.05) is 6.42 Å². The first kappa shape index (κ1) is 17.0. The van der Waals surface area contributed by atoms with Gasteiger partial charge in [0.2, 0.25) is 5.91 Å². The topological polar surface area (TPSA) is 63.2 Å². The number of hydrogen-bond donors (Lipinski definition) is 1. The summed E-state index contributed by atoms with van der Waals surface area (Å²) in [5.41, 5.74) is 1.10. The molecule has 1 N–H and O–H groups in total. The van der Waals surface area contributed by atoms with Crippen molar-refractivity contribution in [2.45, 2.75) is 39.2 Å². The lowest BCUT2D eigenvalue weighted by atomic mass is 9.96. The molecule has 0 spiro atoms. The average molecular weight is 323 g/mol. The zero-order chi connectivity index (χ0) is 16.2. The van der Waals surface area contributed by atoms with Crippen LogP contribution in [-0.4, -0.2) is 25.8 Å². The number of hydrogen-bond acceptors (Lipinski definition) is 3. The zero-order valence-corrected chi connectivity index (χ0v) is 14.1. The molecular formula is C17H25NO3S. The number of sulfone groups is 1. The smallest absolute Gasteiger partial charge is 0.220 e. The SMILES string of the molecule is CC(C)CC(NC(=O)CC1CCS(=O)(=O)C1)c1ccccc1. The number of nitrogens with one attached hydrogen (secondary N) is 1. The van der Waals surface area contributed by atoms with Crippen LogP contribution in [0.15, 0.2) is 30.3 Å². The number of carbonyl (C=O) groups excluding carboxylic acids is 1. The van der Waals surface area contributed by atoms with Crippen molar-refractivity contribution in [1.82, 2.24) is 5.32 Å². The van der Waals surface area contributed by atoms with Crippen LogP contribution in [0.3, 0.4) is 0 Å². The van der Waals surface area contributed by atoms with Crippen LogP contribution in [0.4, 0.5) is 0 Å². The van der Waals surface area contributed by atoms with E-state index in [2.05, 4.69) is 19.2 Å². The highest BCUT2D eigenvalue weighted by molar-refractivity contribution is 7.91. The third kappa shape index (κ3) is 5.13. The van der Waals surface area contributed by atoms with Gasteiger partial charge >= 0.3 is 0 Å². The minimum Gasteiger partial charge on any atom is -0.349 e. The second-order valence-corrected chi connectivity index (χ2v) is 8.86. The average Bonchev–Trinajstić information content (AvgIpc) is 2.77. The minimum absolute atomic E-state index is 0.00768. The highest BCUT2D eigenvalue weighted by Crippen LogP contribution is 2.24. The Labute approximate surface area is 133 Å². The second kappa shape index (κ2) is 7.27. The summed E-state index contributed by atoms with van der Waals surface area (Å²) >= 11 is 0. The van der Waals surface area contributed by atoms with E-state index in [0.29, 0.717) is 18.8 Å². The van der Waals surface area contributed by atoms with Crippen LogP contribution in [0, 0.1) is 11.8 Å². The summed E-state index contributed by atoms with van der Waals surface area (Å²) in [7, 11) is -2.92. The van der Waals surface area contributed by atoms with Gasteiger partial charge in [-0.25, -0.2) is 8.42 Å². The van der Waals surface area contributed by atoms with Gasteiger partial charge in [-0.1, -0.05) is 44.2 Å². The van der Waals surface area contributed by atoms with Gasteiger partial charge in [0.05, 0.1) is 17.5 Å². The summed E-state index contributed by atoms with van der Waals surface area (Å²) in [5, 5.41) is 3.09. The molecule has 2 rings (SSSR count). The van der Waals surface area contributed by atoms with Gasteiger partial charge in [0.15, 0.2) is 9.84 Å². The number of rotatable bonds is 6. The van der Waals surface area contributed by atoms with Gasteiger partial charge in [-0.2, -0.15) is 0 Å². The highest BCUT2D eigenvalue weighted by atomic mass is 32.2. The van der Waals surface area contributed by atoms with E-state index in [9.17, 15) is 13.2 Å². The van der Waals surface area contributed by atoms with Crippen molar-refractivity contribution in [3.63, 3.8) is 0 Å². The minimum atomic E-state index is -2.92. The Morgan fingerprint density at radius 1 is 1.27 bits per heavy atom. The van der Waals surface area contributed by atoms with Crippen LogP contribution in [-0.2, 0) is 14.6 Å². The standard InChI is InChI=1S/C17H25NO3S/c1-13(2)10-16(15-6-4-3-5-7-15)18-17(19)11-14-8-9-22(20,21)12-14/h3-7,13-14,16H,8-12H2,1-2H3,(H,18,19). The third-order valence-corrected chi connectivity index (χ3v) is 5.88. The molecule has 22 heavy (non-hydrogen) atoms. The number of benzene rings is 1. The number of carbonyl (C=O) groups is 1. The van der Waals surface area contributed by atoms with Crippen molar-refractivity contribution in [3.05, 3.63) is 35.9 Å². The van der Waals surface area contributed by atoms with Crippen LogP contribution in [0.2, 0.25) is 0 Å². The summed E-state index contributed by atoms with van der Waals surface area (Å²) < 4.78 is 23.0. The highest BCUT2D eigenvalue weighted by Gasteiger charge is 2.30. The summed E-state index contributed by atoms with van der Waals surface area (Å²) in [6.07, 6.45) is 1.79. The van der Waals surface area contributed by atoms with Crippen molar-refractivity contribution in [3.8, 4) is 0 Å². The quantitative estimate of drug-likeness (QED) is 0.875. The molecule has 1 aliphatic rings. The Morgan fingerprint density at radius 3 is 2.50 bits per heavy atom. The predicted molar refractivity (Wildman–Crippen MR) is 88.2 cm³/mol. The normalized spacial score (nSPS) is 21.7. The molecule has 1 saturated heterocycles. The van der Waals surface area contributed by atoms with E-state index in [1.165, 1.54) is 0 Å². The van der Waals surface area contributed by atoms with Gasteiger partial charge in [0.1, 0.15) is 0 Å². The first-order chi connectivity index (χ1) is 10.4. The van der Waals surface area contributed by atoms with Crippen LogP contribution >= 0.6 is 0 Å². The maximum atomic E-state index is 12.3. The first-order valence-corrected chi connectivity index (χ1v) is 9.72. The van der Waals surface area contributed by atoms with Crippen LogP contribution < -0.4 is 5.32 Å². The molecule has 2 unspecified atom stereocenters. The monoisotopic (exact) mass is 323 g/mol. The van der Waals surface area contributed by atoms with E-state index < -0.39 is 9.84 Å². The molecular weight excluding hydrogens is 298 g/mol. The molecule has 0 aliphatic carbocycles. The molecule has 1 heterocycles. The first-order valence-electron chi connectivity index (χ1n) is 7.90.